The molecule has 1 aromatic rings. The van der Waals surface area contributed by atoms with Gasteiger partial charge in [-0.25, -0.2) is 8.42 Å². The van der Waals surface area contributed by atoms with Gasteiger partial charge in [0.05, 0.1) is 11.9 Å². The summed E-state index contributed by atoms with van der Waals surface area (Å²) in [5.41, 5.74) is 1.12. The quantitative estimate of drug-likeness (QED) is 0.818. The largest absolute Gasteiger partial charge is 0.392 e. The second-order valence-corrected chi connectivity index (χ2v) is 5.96. The van der Waals surface area contributed by atoms with Crippen LogP contribution in [-0.4, -0.2) is 31.6 Å². The first-order valence-corrected chi connectivity index (χ1v) is 6.93. The van der Waals surface area contributed by atoms with E-state index in [0.717, 1.165) is 11.8 Å². The van der Waals surface area contributed by atoms with Crippen molar-refractivity contribution in [3.05, 3.63) is 35.9 Å². The predicted molar refractivity (Wildman–Crippen MR) is 60.5 cm³/mol. The molecule has 84 valence electrons. The zero-order chi connectivity index (χ0) is 11.3. The Morgan fingerprint density at radius 3 is 2.40 bits per heavy atom. The average molecular weight is 228 g/mol. The number of hydrogen-bond donors (Lipinski definition) is 1. The Morgan fingerprint density at radius 1 is 1.27 bits per heavy atom. The van der Waals surface area contributed by atoms with Gasteiger partial charge in [-0.2, -0.15) is 0 Å². The predicted octanol–water partition coefficient (Wildman–Crippen LogP) is 1.02. The molecule has 0 fully saturated rings. The molecule has 0 aromatic heterocycles. The fraction of sp³-hybridized carbons (Fsp3) is 0.455. The summed E-state index contributed by atoms with van der Waals surface area (Å²) in [6.07, 6.45) is 1.56. The van der Waals surface area contributed by atoms with E-state index in [4.69, 9.17) is 0 Å². The van der Waals surface area contributed by atoms with Crippen LogP contribution in [0.2, 0.25) is 0 Å². The first-order chi connectivity index (χ1) is 6.97. The van der Waals surface area contributed by atoms with E-state index in [0.29, 0.717) is 12.8 Å². The Bertz CT molecular complexity index is 384. The summed E-state index contributed by atoms with van der Waals surface area (Å²) < 4.78 is 21.8. The van der Waals surface area contributed by atoms with Gasteiger partial charge >= 0.3 is 0 Å². The molecule has 1 rings (SSSR count). The Morgan fingerprint density at radius 2 is 1.87 bits per heavy atom. The Labute approximate surface area is 90.7 Å². The highest BCUT2D eigenvalue weighted by Gasteiger charge is 2.11. The molecule has 3 nitrogen and oxygen atoms in total. The van der Waals surface area contributed by atoms with Crippen LogP contribution in [0.5, 0.6) is 0 Å². The lowest BCUT2D eigenvalue weighted by Gasteiger charge is -2.08. The van der Waals surface area contributed by atoms with Gasteiger partial charge in [0.15, 0.2) is 0 Å². The van der Waals surface area contributed by atoms with Gasteiger partial charge in [-0.3, -0.25) is 0 Å². The number of benzene rings is 1. The molecule has 0 aliphatic carbocycles. The third-order valence-corrected chi connectivity index (χ3v) is 3.09. The molecular weight excluding hydrogens is 212 g/mol. The minimum absolute atomic E-state index is 0.153. The van der Waals surface area contributed by atoms with Gasteiger partial charge in [-0.1, -0.05) is 30.3 Å². The summed E-state index contributed by atoms with van der Waals surface area (Å²) in [6, 6.07) is 9.72. The van der Waals surface area contributed by atoms with Gasteiger partial charge < -0.3 is 5.11 Å². The van der Waals surface area contributed by atoms with E-state index in [-0.39, 0.29) is 5.75 Å². The first kappa shape index (κ1) is 12.2. The lowest BCUT2D eigenvalue weighted by molar-refractivity contribution is 0.187. The second-order valence-electron chi connectivity index (χ2n) is 3.77. The number of hydrogen-bond acceptors (Lipinski definition) is 3. The Balaban J connectivity index is 2.38. The molecule has 1 N–H and O–H groups in total. The van der Waals surface area contributed by atoms with E-state index in [1.807, 2.05) is 30.3 Å². The maximum absolute atomic E-state index is 10.9. The van der Waals surface area contributed by atoms with Gasteiger partial charge in [0.2, 0.25) is 0 Å². The van der Waals surface area contributed by atoms with Crippen molar-refractivity contribution in [3.63, 3.8) is 0 Å². The van der Waals surface area contributed by atoms with Crippen molar-refractivity contribution in [2.75, 3.05) is 12.0 Å². The zero-order valence-corrected chi connectivity index (χ0v) is 9.57. The van der Waals surface area contributed by atoms with Crippen molar-refractivity contribution in [2.24, 2.45) is 0 Å². The number of aryl methyl sites for hydroxylation is 1. The van der Waals surface area contributed by atoms with Crippen molar-refractivity contribution in [1.82, 2.24) is 0 Å². The van der Waals surface area contributed by atoms with Crippen LogP contribution in [0, 0.1) is 0 Å². The van der Waals surface area contributed by atoms with Crippen LogP contribution in [0.25, 0.3) is 0 Å². The molecule has 0 spiro atoms. The molecule has 0 saturated carbocycles. The maximum atomic E-state index is 10.9. The van der Waals surface area contributed by atoms with Gasteiger partial charge in [0.1, 0.15) is 9.84 Å². The average Bonchev–Trinajstić information content (AvgIpc) is 2.14. The van der Waals surface area contributed by atoms with E-state index in [2.05, 4.69) is 0 Å². The van der Waals surface area contributed by atoms with Crippen LogP contribution in [0.1, 0.15) is 12.0 Å². The monoisotopic (exact) mass is 228 g/mol. The molecule has 15 heavy (non-hydrogen) atoms. The molecule has 1 atom stereocenters. The Kier molecular flexibility index (Phi) is 4.29. The number of aliphatic hydroxyl groups is 1. The summed E-state index contributed by atoms with van der Waals surface area (Å²) in [4.78, 5) is 0. The molecule has 0 amide bonds. The second kappa shape index (κ2) is 5.28. The van der Waals surface area contributed by atoms with Crippen LogP contribution >= 0.6 is 0 Å². The number of rotatable bonds is 5. The molecule has 0 bridgehead atoms. The highest BCUT2D eigenvalue weighted by molar-refractivity contribution is 7.90. The van der Waals surface area contributed by atoms with Crippen LogP contribution in [0.3, 0.4) is 0 Å². The van der Waals surface area contributed by atoms with E-state index in [9.17, 15) is 13.5 Å². The topological polar surface area (TPSA) is 54.4 Å². The summed E-state index contributed by atoms with van der Waals surface area (Å²) >= 11 is 0. The van der Waals surface area contributed by atoms with E-state index >= 15 is 0 Å². The molecule has 0 heterocycles. The molecule has 0 saturated heterocycles. The van der Waals surface area contributed by atoms with E-state index in [1.165, 1.54) is 0 Å². The fourth-order valence-corrected chi connectivity index (χ4v) is 2.28. The van der Waals surface area contributed by atoms with Crippen molar-refractivity contribution >= 4 is 9.84 Å². The summed E-state index contributed by atoms with van der Waals surface area (Å²) in [7, 11) is -3.08. The smallest absolute Gasteiger partial charge is 0.149 e. The Hall–Kier alpha value is -0.870. The molecule has 1 aromatic carbocycles. The lowest BCUT2D eigenvalue weighted by Crippen LogP contribution is -2.20. The molecular formula is C11H16O3S. The first-order valence-electron chi connectivity index (χ1n) is 4.87. The van der Waals surface area contributed by atoms with E-state index in [1.54, 1.807) is 0 Å². The summed E-state index contributed by atoms with van der Waals surface area (Å²) in [6.45, 7) is 0. The maximum Gasteiger partial charge on any atom is 0.149 e. The lowest BCUT2D eigenvalue weighted by atomic mass is 10.1. The van der Waals surface area contributed by atoms with Crippen LogP contribution in [-0.2, 0) is 16.3 Å². The van der Waals surface area contributed by atoms with Crippen molar-refractivity contribution in [1.29, 1.82) is 0 Å². The van der Waals surface area contributed by atoms with Gasteiger partial charge in [0.25, 0.3) is 0 Å². The minimum Gasteiger partial charge on any atom is -0.392 e. The zero-order valence-electron chi connectivity index (χ0n) is 8.76. The molecule has 0 aliphatic rings. The highest BCUT2D eigenvalue weighted by atomic mass is 32.2. The minimum atomic E-state index is -3.08. The molecule has 0 radical (unpaired) electrons. The standard InChI is InChI=1S/C11H16O3S/c1-15(13,14)9-11(12)8-7-10-5-3-2-4-6-10/h2-6,11-12H,7-9H2,1H3. The summed E-state index contributed by atoms with van der Waals surface area (Å²) in [5, 5.41) is 9.47. The van der Waals surface area contributed by atoms with Crippen LogP contribution < -0.4 is 0 Å². The van der Waals surface area contributed by atoms with Gasteiger partial charge in [-0.15, -0.1) is 0 Å². The molecule has 4 heteroatoms. The number of sulfone groups is 1. The van der Waals surface area contributed by atoms with Crippen LogP contribution in [0.4, 0.5) is 0 Å². The third-order valence-electron chi connectivity index (χ3n) is 2.10. The third kappa shape index (κ3) is 5.54. The fourth-order valence-electron chi connectivity index (χ4n) is 1.41. The van der Waals surface area contributed by atoms with Crippen molar-refractivity contribution < 1.29 is 13.5 Å². The van der Waals surface area contributed by atoms with Gasteiger partial charge in [0, 0.05) is 6.26 Å². The van der Waals surface area contributed by atoms with Crippen molar-refractivity contribution in [3.8, 4) is 0 Å². The van der Waals surface area contributed by atoms with Crippen LogP contribution in [0.15, 0.2) is 30.3 Å². The number of aliphatic hydroxyl groups excluding tert-OH is 1. The molecule has 1 unspecified atom stereocenters. The molecule has 0 aliphatic heterocycles. The normalized spacial score (nSPS) is 13.7. The highest BCUT2D eigenvalue weighted by Crippen LogP contribution is 2.06. The SMILES string of the molecule is CS(=O)(=O)CC(O)CCc1ccccc1. The summed E-state index contributed by atoms with van der Waals surface area (Å²) in [5.74, 6) is -0.153. The van der Waals surface area contributed by atoms with E-state index < -0.39 is 15.9 Å². The van der Waals surface area contributed by atoms with Gasteiger partial charge in [-0.05, 0) is 18.4 Å². The van der Waals surface area contributed by atoms with Crippen molar-refractivity contribution in [2.45, 2.75) is 18.9 Å².